The van der Waals surface area contributed by atoms with Crippen molar-refractivity contribution < 1.29 is 9.53 Å². The number of hydrogen-bond acceptors (Lipinski definition) is 4. The third-order valence-electron chi connectivity index (χ3n) is 4.14. The number of carbonyl (C=O) groups excluding carboxylic acids is 1. The van der Waals surface area contributed by atoms with Crippen LogP contribution in [0.15, 0.2) is 47.1 Å². The molecule has 1 aromatic heterocycles. The summed E-state index contributed by atoms with van der Waals surface area (Å²) in [5.41, 5.74) is 0.545. The molecule has 0 aliphatic carbocycles. The normalized spacial score (nSPS) is 20.4. The predicted molar refractivity (Wildman–Crippen MR) is 96.4 cm³/mol. The van der Waals surface area contributed by atoms with Gasteiger partial charge in [0.25, 0.3) is 5.91 Å². The highest BCUT2D eigenvalue weighted by Crippen LogP contribution is 2.21. The van der Waals surface area contributed by atoms with Crippen molar-refractivity contribution in [2.75, 3.05) is 13.1 Å². The molecule has 1 fully saturated rings. The lowest BCUT2D eigenvalue weighted by molar-refractivity contribution is 0.0914. The van der Waals surface area contributed by atoms with E-state index in [9.17, 15) is 4.79 Å². The van der Waals surface area contributed by atoms with Crippen LogP contribution in [0.5, 0.6) is 11.6 Å². The number of aromatic nitrogens is 1. The van der Waals surface area contributed by atoms with Crippen LogP contribution in [0.3, 0.4) is 0 Å². The van der Waals surface area contributed by atoms with Gasteiger partial charge in [-0.3, -0.25) is 4.79 Å². The van der Waals surface area contributed by atoms with Gasteiger partial charge in [-0.25, -0.2) is 4.98 Å². The number of rotatable bonds is 4. The lowest BCUT2D eigenvalue weighted by Gasteiger charge is -2.30. The van der Waals surface area contributed by atoms with E-state index in [1.807, 2.05) is 24.3 Å². The fraction of sp³-hybridized carbons (Fsp3) is 0.333. The molecule has 0 radical (unpaired) electrons. The van der Waals surface area contributed by atoms with Crippen LogP contribution < -0.4 is 15.4 Å². The van der Waals surface area contributed by atoms with Gasteiger partial charge in [-0.15, -0.1) is 0 Å². The minimum atomic E-state index is -0.0866. The second kappa shape index (κ2) is 7.77. The number of ether oxygens (including phenoxy) is 1. The van der Waals surface area contributed by atoms with Gasteiger partial charge >= 0.3 is 0 Å². The number of pyridine rings is 1. The Morgan fingerprint density at radius 2 is 2.08 bits per heavy atom. The molecular formula is C18H20BrN3O2. The van der Waals surface area contributed by atoms with E-state index in [4.69, 9.17) is 4.74 Å². The predicted octanol–water partition coefficient (Wildman–Crippen LogP) is 3.36. The zero-order valence-corrected chi connectivity index (χ0v) is 15.0. The van der Waals surface area contributed by atoms with E-state index in [-0.39, 0.29) is 11.9 Å². The Morgan fingerprint density at radius 1 is 1.29 bits per heavy atom. The zero-order valence-electron chi connectivity index (χ0n) is 13.5. The van der Waals surface area contributed by atoms with Crippen molar-refractivity contribution in [1.82, 2.24) is 15.6 Å². The van der Waals surface area contributed by atoms with E-state index in [1.54, 1.807) is 18.3 Å². The number of benzene rings is 1. The topological polar surface area (TPSA) is 63.2 Å². The second-order valence-corrected chi connectivity index (χ2v) is 6.91. The van der Waals surface area contributed by atoms with Gasteiger partial charge in [-0.2, -0.15) is 0 Å². The number of hydrogen-bond donors (Lipinski definition) is 2. The molecule has 3 rings (SSSR count). The van der Waals surface area contributed by atoms with E-state index in [1.165, 1.54) is 0 Å². The Labute approximate surface area is 149 Å². The summed E-state index contributed by atoms with van der Waals surface area (Å²) in [5.74, 6) is 1.50. The first kappa shape index (κ1) is 16.9. The molecule has 126 valence electrons. The number of halogens is 1. The molecule has 0 saturated carbocycles. The zero-order chi connectivity index (χ0) is 16.9. The second-order valence-electron chi connectivity index (χ2n) is 5.99. The fourth-order valence-electron chi connectivity index (χ4n) is 2.68. The summed E-state index contributed by atoms with van der Waals surface area (Å²) < 4.78 is 6.65. The van der Waals surface area contributed by atoms with Crippen LogP contribution in [0.4, 0.5) is 0 Å². The highest BCUT2D eigenvalue weighted by Gasteiger charge is 2.23. The molecule has 0 bridgehead atoms. The van der Waals surface area contributed by atoms with Gasteiger partial charge in [0.05, 0.1) is 5.56 Å². The highest BCUT2D eigenvalue weighted by molar-refractivity contribution is 9.10. The van der Waals surface area contributed by atoms with Crippen LogP contribution in [-0.4, -0.2) is 30.0 Å². The van der Waals surface area contributed by atoms with Gasteiger partial charge in [0.1, 0.15) is 5.75 Å². The van der Waals surface area contributed by atoms with Crippen molar-refractivity contribution >= 4 is 21.8 Å². The van der Waals surface area contributed by atoms with Crippen LogP contribution in [0.25, 0.3) is 0 Å². The molecule has 1 aliphatic heterocycles. The van der Waals surface area contributed by atoms with Crippen LogP contribution in [0, 0.1) is 5.92 Å². The molecule has 1 aromatic carbocycles. The third kappa shape index (κ3) is 4.33. The molecule has 2 atom stereocenters. The first-order valence-corrected chi connectivity index (χ1v) is 8.82. The summed E-state index contributed by atoms with van der Waals surface area (Å²) in [6.07, 6.45) is 2.50. The van der Waals surface area contributed by atoms with Crippen molar-refractivity contribution in [3.8, 4) is 11.6 Å². The van der Waals surface area contributed by atoms with Crippen LogP contribution in [0.1, 0.15) is 23.7 Å². The standard InChI is InChI=1S/C18H20BrN3O2/c1-12-10-20-9-8-16(12)22-18(23)13-2-7-17(21-11-13)24-15-5-3-14(19)4-6-15/h2-7,11-12,16,20H,8-10H2,1H3,(H,22,23). The summed E-state index contributed by atoms with van der Waals surface area (Å²) in [7, 11) is 0. The van der Waals surface area contributed by atoms with E-state index in [2.05, 4.69) is 38.5 Å². The quantitative estimate of drug-likeness (QED) is 0.841. The molecule has 2 aromatic rings. The Kier molecular flexibility index (Phi) is 5.48. The number of nitrogens with one attached hydrogen (secondary N) is 2. The molecular weight excluding hydrogens is 370 g/mol. The molecule has 2 N–H and O–H groups in total. The number of amides is 1. The summed E-state index contributed by atoms with van der Waals surface area (Å²) >= 11 is 3.38. The number of piperidine rings is 1. The Hall–Kier alpha value is -1.92. The van der Waals surface area contributed by atoms with Crippen molar-refractivity contribution in [2.45, 2.75) is 19.4 Å². The van der Waals surface area contributed by atoms with Crippen molar-refractivity contribution in [3.63, 3.8) is 0 Å². The van der Waals surface area contributed by atoms with Gasteiger partial charge < -0.3 is 15.4 Å². The molecule has 2 heterocycles. The monoisotopic (exact) mass is 389 g/mol. The molecule has 24 heavy (non-hydrogen) atoms. The van der Waals surface area contributed by atoms with Gasteiger partial charge in [0.2, 0.25) is 5.88 Å². The molecule has 2 unspecified atom stereocenters. The number of carbonyl (C=O) groups is 1. The lowest BCUT2D eigenvalue weighted by atomic mass is 9.95. The first-order valence-electron chi connectivity index (χ1n) is 8.03. The Bertz CT molecular complexity index is 688. The van der Waals surface area contributed by atoms with Gasteiger partial charge in [-0.05, 0) is 55.8 Å². The fourth-order valence-corrected chi connectivity index (χ4v) is 2.94. The van der Waals surface area contributed by atoms with E-state index >= 15 is 0 Å². The largest absolute Gasteiger partial charge is 0.439 e. The summed E-state index contributed by atoms with van der Waals surface area (Å²) in [4.78, 5) is 16.6. The van der Waals surface area contributed by atoms with E-state index in [0.717, 1.165) is 24.0 Å². The Balaban J connectivity index is 1.61. The number of nitrogens with zero attached hydrogens (tertiary/aromatic N) is 1. The van der Waals surface area contributed by atoms with Crippen LogP contribution in [-0.2, 0) is 0 Å². The van der Waals surface area contributed by atoms with Gasteiger partial charge in [0, 0.05) is 22.8 Å². The molecule has 5 nitrogen and oxygen atoms in total. The lowest BCUT2D eigenvalue weighted by Crippen LogP contribution is -2.48. The molecule has 0 spiro atoms. The molecule has 1 amide bonds. The summed E-state index contributed by atoms with van der Waals surface area (Å²) in [6.45, 7) is 4.02. The Morgan fingerprint density at radius 3 is 2.75 bits per heavy atom. The highest BCUT2D eigenvalue weighted by atomic mass is 79.9. The van der Waals surface area contributed by atoms with E-state index < -0.39 is 0 Å². The van der Waals surface area contributed by atoms with Gasteiger partial charge in [0.15, 0.2) is 0 Å². The molecule has 1 aliphatic rings. The van der Waals surface area contributed by atoms with E-state index in [0.29, 0.717) is 23.1 Å². The molecule has 1 saturated heterocycles. The maximum Gasteiger partial charge on any atom is 0.253 e. The van der Waals surface area contributed by atoms with Crippen molar-refractivity contribution in [3.05, 3.63) is 52.6 Å². The average molecular weight is 390 g/mol. The minimum Gasteiger partial charge on any atom is -0.439 e. The maximum atomic E-state index is 12.3. The summed E-state index contributed by atoms with van der Waals surface area (Å²) in [5, 5.41) is 6.42. The summed E-state index contributed by atoms with van der Waals surface area (Å²) in [6, 6.07) is 11.2. The van der Waals surface area contributed by atoms with Crippen molar-refractivity contribution in [1.29, 1.82) is 0 Å². The minimum absolute atomic E-state index is 0.0866. The maximum absolute atomic E-state index is 12.3. The van der Waals surface area contributed by atoms with Crippen LogP contribution in [0.2, 0.25) is 0 Å². The van der Waals surface area contributed by atoms with Crippen LogP contribution >= 0.6 is 15.9 Å². The smallest absolute Gasteiger partial charge is 0.253 e. The first-order chi connectivity index (χ1) is 11.6. The van der Waals surface area contributed by atoms with Gasteiger partial charge in [-0.1, -0.05) is 22.9 Å². The SMILES string of the molecule is CC1CNCCC1NC(=O)c1ccc(Oc2ccc(Br)cc2)nc1. The third-order valence-corrected chi connectivity index (χ3v) is 4.67. The van der Waals surface area contributed by atoms with Crippen molar-refractivity contribution in [2.24, 2.45) is 5.92 Å². The molecule has 6 heteroatoms. The average Bonchev–Trinajstić information content (AvgIpc) is 2.59.